The van der Waals surface area contributed by atoms with Gasteiger partial charge in [0.05, 0.1) is 6.61 Å². The molecule has 1 saturated carbocycles. The van der Waals surface area contributed by atoms with E-state index in [0.717, 1.165) is 11.4 Å². The Bertz CT molecular complexity index is 404. The molecule has 1 aromatic heterocycles. The summed E-state index contributed by atoms with van der Waals surface area (Å²) in [6, 6.07) is 0.499. The van der Waals surface area contributed by atoms with Crippen LogP contribution in [0.15, 0.2) is 6.20 Å². The fraction of sp³-hybridized carbons (Fsp3) is 0.714. The smallest absolute Gasteiger partial charge is 0.224 e. The second-order valence-electron chi connectivity index (χ2n) is 5.16. The summed E-state index contributed by atoms with van der Waals surface area (Å²) in [5, 5.41) is 12.3. The first-order chi connectivity index (χ1) is 9.26. The molecule has 0 aliphatic heterocycles. The lowest BCUT2D eigenvalue weighted by molar-refractivity contribution is 0.289. The molecule has 0 aromatic carbocycles. The average molecular weight is 264 g/mol. The van der Waals surface area contributed by atoms with Crippen molar-refractivity contribution in [2.24, 2.45) is 0 Å². The molecular formula is C14H24N4O. The second kappa shape index (κ2) is 6.70. The summed E-state index contributed by atoms with van der Waals surface area (Å²) in [7, 11) is 1.82. The van der Waals surface area contributed by atoms with Crippen LogP contribution in [-0.4, -0.2) is 41.3 Å². The molecule has 5 heteroatoms. The summed E-state index contributed by atoms with van der Waals surface area (Å²) in [5.74, 6) is 1.60. The van der Waals surface area contributed by atoms with Crippen molar-refractivity contribution in [1.29, 1.82) is 0 Å². The van der Waals surface area contributed by atoms with Crippen LogP contribution in [0.25, 0.3) is 0 Å². The van der Waals surface area contributed by atoms with E-state index in [1.807, 2.05) is 20.2 Å². The minimum Gasteiger partial charge on any atom is -0.395 e. The van der Waals surface area contributed by atoms with E-state index >= 15 is 0 Å². The summed E-state index contributed by atoms with van der Waals surface area (Å²) in [6.07, 6.45) is 8.11. The second-order valence-corrected chi connectivity index (χ2v) is 5.16. The van der Waals surface area contributed by atoms with Crippen molar-refractivity contribution < 1.29 is 5.11 Å². The van der Waals surface area contributed by atoms with Crippen LogP contribution in [0.4, 0.5) is 11.8 Å². The Kier molecular flexibility index (Phi) is 4.96. The van der Waals surface area contributed by atoms with Crippen LogP contribution in [0.3, 0.4) is 0 Å². The van der Waals surface area contributed by atoms with Gasteiger partial charge >= 0.3 is 0 Å². The zero-order valence-electron chi connectivity index (χ0n) is 11.9. The molecule has 2 N–H and O–H groups in total. The van der Waals surface area contributed by atoms with E-state index < -0.39 is 0 Å². The van der Waals surface area contributed by atoms with Gasteiger partial charge in [-0.05, 0) is 19.8 Å². The number of aliphatic hydroxyl groups excluding tert-OH is 1. The number of aromatic nitrogens is 2. The van der Waals surface area contributed by atoms with E-state index in [9.17, 15) is 5.11 Å². The fourth-order valence-corrected chi connectivity index (χ4v) is 2.81. The Hall–Kier alpha value is -1.36. The molecule has 106 valence electrons. The molecule has 0 unspecified atom stereocenters. The van der Waals surface area contributed by atoms with Gasteiger partial charge in [-0.25, -0.2) is 4.98 Å². The Balaban J connectivity index is 2.26. The van der Waals surface area contributed by atoms with Crippen LogP contribution in [-0.2, 0) is 0 Å². The normalized spacial score (nSPS) is 16.4. The molecule has 0 amide bonds. The van der Waals surface area contributed by atoms with E-state index in [1.165, 1.54) is 32.1 Å². The molecule has 2 rings (SSSR count). The molecule has 0 radical (unpaired) electrons. The molecule has 1 fully saturated rings. The summed E-state index contributed by atoms with van der Waals surface area (Å²) < 4.78 is 0. The van der Waals surface area contributed by atoms with Crippen molar-refractivity contribution in [3.05, 3.63) is 11.8 Å². The molecule has 5 nitrogen and oxygen atoms in total. The Morgan fingerprint density at radius 3 is 2.74 bits per heavy atom. The van der Waals surface area contributed by atoms with Crippen LogP contribution in [0.2, 0.25) is 0 Å². The van der Waals surface area contributed by atoms with Crippen molar-refractivity contribution in [3.63, 3.8) is 0 Å². The van der Waals surface area contributed by atoms with Gasteiger partial charge in [-0.2, -0.15) is 4.98 Å². The third kappa shape index (κ3) is 3.35. The van der Waals surface area contributed by atoms with Gasteiger partial charge in [0.15, 0.2) is 0 Å². The molecule has 1 aliphatic carbocycles. The molecule has 0 spiro atoms. The van der Waals surface area contributed by atoms with Crippen LogP contribution in [0.5, 0.6) is 0 Å². The highest BCUT2D eigenvalue weighted by Crippen LogP contribution is 2.28. The predicted octanol–water partition coefficient (Wildman–Crippen LogP) is 1.96. The topological polar surface area (TPSA) is 61.3 Å². The largest absolute Gasteiger partial charge is 0.395 e. The fourth-order valence-electron chi connectivity index (χ4n) is 2.81. The van der Waals surface area contributed by atoms with Gasteiger partial charge in [0.1, 0.15) is 5.82 Å². The SMILES string of the molecule is CNc1ncc(C)c(N(CCO)C2CCCCC2)n1. The molecule has 19 heavy (non-hydrogen) atoms. The quantitative estimate of drug-likeness (QED) is 0.851. The first-order valence-corrected chi connectivity index (χ1v) is 7.15. The minimum absolute atomic E-state index is 0.162. The Labute approximate surface area is 115 Å². The predicted molar refractivity (Wildman–Crippen MR) is 77.6 cm³/mol. The van der Waals surface area contributed by atoms with Gasteiger partial charge in [-0.15, -0.1) is 0 Å². The maximum absolute atomic E-state index is 9.35. The van der Waals surface area contributed by atoms with Gasteiger partial charge in [0, 0.05) is 31.4 Å². The summed E-state index contributed by atoms with van der Waals surface area (Å²) in [4.78, 5) is 11.1. The van der Waals surface area contributed by atoms with Gasteiger partial charge < -0.3 is 15.3 Å². The zero-order valence-corrected chi connectivity index (χ0v) is 11.9. The van der Waals surface area contributed by atoms with Crippen molar-refractivity contribution in [1.82, 2.24) is 9.97 Å². The van der Waals surface area contributed by atoms with Gasteiger partial charge in [0.2, 0.25) is 5.95 Å². The third-order valence-corrected chi connectivity index (χ3v) is 3.80. The zero-order chi connectivity index (χ0) is 13.7. The van der Waals surface area contributed by atoms with E-state index in [-0.39, 0.29) is 6.61 Å². The number of aliphatic hydroxyl groups is 1. The lowest BCUT2D eigenvalue weighted by atomic mass is 9.94. The molecule has 0 saturated heterocycles. The summed E-state index contributed by atoms with van der Waals surface area (Å²) in [6.45, 7) is 2.84. The van der Waals surface area contributed by atoms with Crippen LogP contribution in [0.1, 0.15) is 37.7 Å². The molecule has 1 aliphatic rings. The van der Waals surface area contributed by atoms with E-state index in [1.54, 1.807) is 0 Å². The van der Waals surface area contributed by atoms with Crippen molar-refractivity contribution in [2.45, 2.75) is 45.1 Å². The highest BCUT2D eigenvalue weighted by atomic mass is 16.3. The number of hydrogen-bond donors (Lipinski definition) is 2. The first kappa shape index (κ1) is 14.1. The standard InChI is InChI=1S/C14H24N4O/c1-11-10-16-14(15-2)17-13(11)18(8-9-19)12-6-4-3-5-7-12/h10,12,19H,3-9H2,1-2H3,(H,15,16,17). The molecular weight excluding hydrogens is 240 g/mol. The van der Waals surface area contributed by atoms with Gasteiger partial charge in [0.25, 0.3) is 0 Å². The van der Waals surface area contributed by atoms with Crippen molar-refractivity contribution in [3.8, 4) is 0 Å². The number of nitrogens with one attached hydrogen (secondary N) is 1. The lowest BCUT2D eigenvalue weighted by Gasteiger charge is -2.35. The summed E-state index contributed by atoms with van der Waals surface area (Å²) >= 11 is 0. The van der Waals surface area contributed by atoms with Crippen LogP contribution >= 0.6 is 0 Å². The van der Waals surface area contributed by atoms with Crippen LogP contribution < -0.4 is 10.2 Å². The third-order valence-electron chi connectivity index (χ3n) is 3.80. The van der Waals surface area contributed by atoms with Crippen LogP contribution in [0, 0.1) is 6.92 Å². The number of aryl methyl sites for hydroxylation is 1. The van der Waals surface area contributed by atoms with E-state index in [2.05, 4.69) is 20.2 Å². The number of nitrogens with zero attached hydrogens (tertiary/aromatic N) is 3. The average Bonchev–Trinajstić information content (AvgIpc) is 2.47. The molecule has 1 aromatic rings. The van der Waals surface area contributed by atoms with E-state index in [4.69, 9.17) is 0 Å². The molecule has 0 bridgehead atoms. The van der Waals surface area contributed by atoms with Crippen molar-refractivity contribution >= 4 is 11.8 Å². The summed E-state index contributed by atoms with van der Waals surface area (Å²) in [5.41, 5.74) is 1.07. The molecule has 0 atom stereocenters. The number of anilines is 2. The van der Waals surface area contributed by atoms with Gasteiger partial charge in [-0.1, -0.05) is 19.3 Å². The maximum Gasteiger partial charge on any atom is 0.224 e. The Morgan fingerprint density at radius 1 is 1.37 bits per heavy atom. The minimum atomic E-state index is 0.162. The van der Waals surface area contributed by atoms with Gasteiger partial charge in [-0.3, -0.25) is 0 Å². The lowest BCUT2D eigenvalue weighted by Crippen LogP contribution is -2.40. The highest BCUT2D eigenvalue weighted by Gasteiger charge is 2.23. The number of hydrogen-bond acceptors (Lipinski definition) is 5. The van der Waals surface area contributed by atoms with Crippen molar-refractivity contribution in [2.75, 3.05) is 30.4 Å². The maximum atomic E-state index is 9.35. The molecule has 1 heterocycles. The Morgan fingerprint density at radius 2 is 2.11 bits per heavy atom. The monoisotopic (exact) mass is 264 g/mol. The highest BCUT2D eigenvalue weighted by molar-refractivity contribution is 5.49. The van der Waals surface area contributed by atoms with E-state index in [0.29, 0.717) is 18.5 Å². The first-order valence-electron chi connectivity index (χ1n) is 7.15. The number of rotatable bonds is 5.